The molecule has 1 fully saturated rings. The van der Waals surface area contributed by atoms with Crippen molar-refractivity contribution in [3.63, 3.8) is 0 Å². The number of hydrogen-bond donors (Lipinski definition) is 0. The number of hydrogen-bond acceptors (Lipinski definition) is 4. The fourth-order valence-electron chi connectivity index (χ4n) is 3.17. The van der Waals surface area contributed by atoms with Gasteiger partial charge in [0.1, 0.15) is 9.88 Å². The van der Waals surface area contributed by atoms with Crippen LogP contribution < -0.4 is 0 Å². The summed E-state index contributed by atoms with van der Waals surface area (Å²) in [7, 11) is 0. The topological polar surface area (TPSA) is 46.1 Å². The van der Waals surface area contributed by atoms with E-state index in [1.165, 1.54) is 11.3 Å². The molecule has 5 heteroatoms. The molecular formula is C19H17N3OS. The van der Waals surface area contributed by atoms with E-state index in [-0.39, 0.29) is 11.9 Å². The average Bonchev–Trinajstić information content (AvgIpc) is 3.32. The molecule has 0 radical (unpaired) electrons. The molecule has 1 unspecified atom stereocenters. The van der Waals surface area contributed by atoms with Crippen molar-refractivity contribution in [1.29, 1.82) is 0 Å². The molecule has 1 aliphatic heterocycles. The molecule has 1 amide bonds. The van der Waals surface area contributed by atoms with Crippen molar-refractivity contribution in [1.82, 2.24) is 14.9 Å². The first kappa shape index (κ1) is 15.0. The maximum absolute atomic E-state index is 13.0. The minimum absolute atomic E-state index is 0.0778. The Bertz CT molecular complexity index is 832. The normalized spacial score (nSPS) is 17.2. The van der Waals surface area contributed by atoms with E-state index in [1.807, 2.05) is 47.4 Å². The molecule has 0 aliphatic carbocycles. The average molecular weight is 335 g/mol. The first-order valence-electron chi connectivity index (χ1n) is 8.05. The zero-order valence-corrected chi connectivity index (χ0v) is 13.9. The van der Waals surface area contributed by atoms with E-state index in [2.05, 4.69) is 9.97 Å². The second-order valence-electron chi connectivity index (χ2n) is 5.83. The number of rotatable bonds is 3. The molecule has 4 rings (SSSR count). The van der Waals surface area contributed by atoms with E-state index in [0.717, 1.165) is 35.5 Å². The fourth-order valence-corrected chi connectivity index (χ4v) is 4.05. The van der Waals surface area contributed by atoms with Crippen LogP contribution in [-0.2, 0) is 0 Å². The molecular weight excluding hydrogens is 318 g/mol. The molecule has 0 N–H and O–H groups in total. The van der Waals surface area contributed by atoms with Gasteiger partial charge in [0, 0.05) is 24.5 Å². The monoisotopic (exact) mass is 335 g/mol. The third-order valence-corrected chi connectivity index (χ3v) is 5.38. The van der Waals surface area contributed by atoms with Crippen molar-refractivity contribution >= 4 is 17.2 Å². The highest BCUT2D eigenvalue weighted by molar-refractivity contribution is 7.16. The summed E-state index contributed by atoms with van der Waals surface area (Å²) in [5, 5.41) is 0.888. The zero-order valence-electron chi connectivity index (χ0n) is 13.1. The summed E-state index contributed by atoms with van der Waals surface area (Å²) >= 11 is 1.46. The predicted molar refractivity (Wildman–Crippen MR) is 94.8 cm³/mol. The van der Waals surface area contributed by atoms with E-state index in [0.29, 0.717) is 4.88 Å². The van der Waals surface area contributed by atoms with E-state index in [4.69, 9.17) is 0 Å². The second-order valence-corrected chi connectivity index (χ2v) is 6.86. The second kappa shape index (κ2) is 6.53. The number of nitrogens with zero attached hydrogens (tertiary/aromatic N) is 3. The van der Waals surface area contributed by atoms with Gasteiger partial charge in [-0.1, -0.05) is 30.3 Å². The molecule has 0 saturated carbocycles. The van der Waals surface area contributed by atoms with E-state index >= 15 is 0 Å². The summed E-state index contributed by atoms with van der Waals surface area (Å²) in [6.07, 6.45) is 7.31. The minimum atomic E-state index is 0.0778. The highest BCUT2D eigenvalue weighted by Gasteiger charge is 2.31. The fraction of sp³-hybridized carbons (Fsp3) is 0.211. The number of pyridine rings is 1. The Labute approximate surface area is 144 Å². The quantitative estimate of drug-likeness (QED) is 0.721. The molecule has 2 aromatic heterocycles. The highest BCUT2D eigenvalue weighted by atomic mass is 32.1. The molecule has 1 saturated heterocycles. The number of thiazole rings is 1. The van der Waals surface area contributed by atoms with Crippen LogP contribution in [0, 0.1) is 0 Å². The van der Waals surface area contributed by atoms with E-state index in [9.17, 15) is 4.79 Å². The molecule has 0 spiro atoms. The largest absolute Gasteiger partial charge is 0.331 e. The van der Waals surface area contributed by atoms with Crippen LogP contribution in [0.5, 0.6) is 0 Å². The number of carbonyl (C=O) groups excluding carboxylic acids is 1. The van der Waals surface area contributed by atoms with Crippen LogP contribution in [0.25, 0.3) is 10.6 Å². The van der Waals surface area contributed by atoms with Gasteiger partial charge in [-0.05, 0) is 30.5 Å². The zero-order chi connectivity index (χ0) is 16.4. The highest BCUT2D eigenvalue weighted by Crippen LogP contribution is 2.34. The van der Waals surface area contributed by atoms with Gasteiger partial charge in [0.05, 0.1) is 12.2 Å². The van der Waals surface area contributed by atoms with Gasteiger partial charge in [0.2, 0.25) is 0 Å². The Morgan fingerprint density at radius 3 is 2.71 bits per heavy atom. The molecule has 4 nitrogen and oxygen atoms in total. The lowest BCUT2D eigenvalue weighted by Crippen LogP contribution is -2.29. The molecule has 24 heavy (non-hydrogen) atoms. The Morgan fingerprint density at radius 2 is 1.92 bits per heavy atom. The summed E-state index contributed by atoms with van der Waals surface area (Å²) < 4.78 is 0. The van der Waals surface area contributed by atoms with Crippen LogP contribution in [0.15, 0.2) is 61.1 Å². The third-order valence-electron chi connectivity index (χ3n) is 4.34. The van der Waals surface area contributed by atoms with Crippen LogP contribution in [0.4, 0.5) is 0 Å². The minimum Gasteiger partial charge on any atom is -0.331 e. The Morgan fingerprint density at radius 1 is 1.12 bits per heavy atom. The van der Waals surface area contributed by atoms with Gasteiger partial charge in [-0.15, -0.1) is 11.3 Å². The molecule has 3 aromatic rings. The van der Waals surface area contributed by atoms with Crippen LogP contribution in [0.2, 0.25) is 0 Å². The summed E-state index contributed by atoms with van der Waals surface area (Å²) in [5.74, 6) is 0.0778. The van der Waals surface area contributed by atoms with Crippen LogP contribution in [0.3, 0.4) is 0 Å². The number of amides is 1. The van der Waals surface area contributed by atoms with Crippen molar-refractivity contribution in [2.75, 3.05) is 6.54 Å². The van der Waals surface area contributed by atoms with Gasteiger partial charge in [-0.3, -0.25) is 9.78 Å². The van der Waals surface area contributed by atoms with Gasteiger partial charge in [0.25, 0.3) is 5.91 Å². The van der Waals surface area contributed by atoms with Gasteiger partial charge in [-0.2, -0.15) is 0 Å². The van der Waals surface area contributed by atoms with Gasteiger partial charge in [-0.25, -0.2) is 4.98 Å². The molecule has 0 bridgehead atoms. The van der Waals surface area contributed by atoms with Crippen molar-refractivity contribution < 1.29 is 4.79 Å². The number of carbonyl (C=O) groups is 1. The molecule has 3 heterocycles. The number of benzene rings is 1. The molecule has 1 aliphatic rings. The van der Waals surface area contributed by atoms with Crippen LogP contribution >= 0.6 is 11.3 Å². The number of likely N-dealkylation sites (tertiary alicyclic amines) is 1. The first-order chi connectivity index (χ1) is 11.8. The third kappa shape index (κ3) is 2.83. The Hall–Kier alpha value is -2.53. The van der Waals surface area contributed by atoms with Gasteiger partial charge < -0.3 is 4.90 Å². The lowest BCUT2D eigenvalue weighted by atomic mass is 10.1. The SMILES string of the molecule is O=C(c1cnc(-c2ccccc2)s1)N1CCCC1c1ccncc1. The van der Waals surface area contributed by atoms with Crippen LogP contribution in [0.1, 0.15) is 34.1 Å². The van der Waals surface area contributed by atoms with Crippen molar-refractivity contribution in [2.24, 2.45) is 0 Å². The standard InChI is InChI=1S/C19H17N3OS/c23-19(17-13-21-18(24-17)15-5-2-1-3-6-15)22-12-4-7-16(22)14-8-10-20-11-9-14/h1-3,5-6,8-11,13,16H,4,7,12H2. The Balaban J connectivity index is 1.58. The molecule has 1 aromatic carbocycles. The molecule has 1 atom stereocenters. The van der Waals surface area contributed by atoms with E-state index in [1.54, 1.807) is 18.6 Å². The maximum Gasteiger partial charge on any atom is 0.266 e. The smallest absolute Gasteiger partial charge is 0.266 e. The Kier molecular flexibility index (Phi) is 4.09. The first-order valence-corrected chi connectivity index (χ1v) is 8.87. The summed E-state index contributed by atoms with van der Waals surface area (Å²) in [4.78, 5) is 24.1. The van der Waals surface area contributed by atoms with Crippen LogP contribution in [-0.4, -0.2) is 27.3 Å². The molecule has 120 valence electrons. The summed E-state index contributed by atoms with van der Waals surface area (Å²) in [6.45, 7) is 0.796. The van der Waals surface area contributed by atoms with E-state index < -0.39 is 0 Å². The van der Waals surface area contributed by atoms with Gasteiger partial charge >= 0.3 is 0 Å². The van der Waals surface area contributed by atoms with Gasteiger partial charge in [0.15, 0.2) is 0 Å². The van der Waals surface area contributed by atoms with Crippen molar-refractivity contribution in [3.8, 4) is 10.6 Å². The van der Waals surface area contributed by atoms with Crippen molar-refractivity contribution in [3.05, 3.63) is 71.5 Å². The maximum atomic E-state index is 13.0. The number of aromatic nitrogens is 2. The predicted octanol–water partition coefficient (Wildman–Crippen LogP) is 4.18. The summed E-state index contributed by atoms with van der Waals surface area (Å²) in [5.41, 5.74) is 2.21. The van der Waals surface area contributed by atoms with Crippen molar-refractivity contribution in [2.45, 2.75) is 18.9 Å². The lowest BCUT2D eigenvalue weighted by Gasteiger charge is -2.24. The summed E-state index contributed by atoms with van der Waals surface area (Å²) in [6, 6.07) is 14.1. The lowest BCUT2D eigenvalue weighted by molar-refractivity contribution is 0.0740.